The number of halogens is 2. The number of benzene rings is 1. The number of ether oxygens (including phenoxy) is 1. The van der Waals surface area contributed by atoms with Gasteiger partial charge < -0.3 is 9.64 Å². The number of carbonyl (C=O) groups is 3. The fourth-order valence-corrected chi connectivity index (χ4v) is 4.03. The first-order chi connectivity index (χ1) is 12.0. The van der Waals surface area contributed by atoms with Crippen LogP contribution in [0.4, 0.5) is 4.39 Å². The number of likely N-dealkylation sites (tertiary alicyclic amines) is 1. The number of imide groups is 1. The van der Waals surface area contributed by atoms with Crippen LogP contribution in [0.1, 0.15) is 18.1 Å². The largest absolute Gasteiger partial charge is 0.373 e. The number of nitrogens with zero attached hydrogens (tertiary/aromatic N) is 1. The molecule has 0 saturated carbocycles. The lowest BCUT2D eigenvalue weighted by Crippen LogP contribution is -2.39. The predicted molar refractivity (Wildman–Crippen MR) is 84.9 cm³/mol. The second kappa shape index (κ2) is 6.07. The van der Waals surface area contributed by atoms with Crippen molar-refractivity contribution in [2.24, 2.45) is 17.8 Å². The van der Waals surface area contributed by atoms with E-state index in [0.717, 1.165) is 0 Å². The molecule has 4 atom stereocenters. The Morgan fingerprint density at radius 1 is 1.24 bits per heavy atom. The first-order valence-corrected chi connectivity index (χ1v) is 8.53. The average Bonchev–Trinajstić information content (AvgIpc) is 3.28. The lowest BCUT2D eigenvalue weighted by molar-refractivity contribution is -0.137. The Morgan fingerprint density at radius 2 is 1.92 bits per heavy atom. The molecule has 25 heavy (non-hydrogen) atoms. The highest BCUT2D eigenvalue weighted by molar-refractivity contribution is 6.30. The molecule has 3 amide bonds. The molecule has 3 heterocycles. The third-order valence-corrected chi connectivity index (χ3v) is 5.54. The summed E-state index contributed by atoms with van der Waals surface area (Å²) in [5, 5.41) is 2.31. The van der Waals surface area contributed by atoms with Crippen molar-refractivity contribution < 1.29 is 23.5 Å². The van der Waals surface area contributed by atoms with Crippen molar-refractivity contribution >= 4 is 29.3 Å². The van der Waals surface area contributed by atoms with E-state index in [1.54, 1.807) is 11.0 Å². The third-order valence-electron chi connectivity index (χ3n) is 5.23. The molecule has 3 aliphatic heterocycles. The number of carbonyl (C=O) groups excluding carboxylic acids is 3. The molecule has 0 unspecified atom stereocenters. The molecule has 1 aromatic carbocycles. The second-order valence-electron chi connectivity index (χ2n) is 6.67. The molecule has 3 aliphatic rings. The first kappa shape index (κ1) is 16.5. The Morgan fingerprint density at radius 3 is 2.56 bits per heavy atom. The van der Waals surface area contributed by atoms with Gasteiger partial charge in [-0.3, -0.25) is 19.7 Å². The van der Waals surface area contributed by atoms with Gasteiger partial charge in [0, 0.05) is 19.7 Å². The van der Waals surface area contributed by atoms with Crippen molar-refractivity contribution in [3.8, 4) is 0 Å². The summed E-state index contributed by atoms with van der Waals surface area (Å²) >= 11 is 5.71. The van der Waals surface area contributed by atoms with Crippen LogP contribution in [-0.2, 0) is 19.1 Å². The summed E-state index contributed by atoms with van der Waals surface area (Å²) in [4.78, 5) is 38.0. The molecule has 6 nitrogen and oxygen atoms in total. The van der Waals surface area contributed by atoms with Crippen LogP contribution in [-0.4, -0.2) is 42.3 Å². The van der Waals surface area contributed by atoms with Crippen molar-refractivity contribution in [3.63, 3.8) is 0 Å². The molecule has 1 aromatic rings. The van der Waals surface area contributed by atoms with Gasteiger partial charge in [-0.05, 0) is 24.1 Å². The van der Waals surface area contributed by atoms with Crippen LogP contribution in [0.15, 0.2) is 18.2 Å². The van der Waals surface area contributed by atoms with Crippen LogP contribution in [0.3, 0.4) is 0 Å². The maximum absolute atomic E-state index is 13.7. The van der Waals surface area contributed by atoms with Gasteiger partial charge >= 0.3 is 0 Å². The van der Waals surface area contributed by atoms with Crippen molar-refractivity contribution in [2.45, 2.75) is 12.5 Å². The predicted octanol–water partition coefficient (Wildman–Crippen LogP) is 1.29. The molecule has 3 fully saturated rings. The minimum Gasteiger partial charge on any atom is -0.373 e. The Kier molecular flexibility index (Phi) is 4.00. The topological polar surface area (TPSA) is 75.7 Å². The van der Waals surface area contributed by atoms with Gasteiger partial charge in [-0.25, -0.2) is 4.39 Å². The van der Waals surface area contributed by atoms with Gasteiger partial charge in [0.25, 0.3) is 0 Å². The smallest absolute Gasteiger partial charge is 0.232 e. The quantitative estimate of drug-likeness (QED) is 0.800. The van der Waals surface area contributed by atoms with Gasteiger partial charge in [-0.1, -0.05) is 17.7 Å². The van der Waals surface area contributed by atoms with E-state index in [-0.39, 0.29) is 35.8 Å². The number of amides is 3. The van der Waals surface area contributed by atoms with Crippen LogP contribution in [0.25, 0.3) is 0 Å². The van der Waals surface area contributed by atoms with E-state index in [1.807, 2.05) is 0 Å². The van der Waals surface area contributed by atoms with Crippen LogP contribution in [0.2, 0.25) is 5.02 Å². The van der Waals surface area contributed by atoms with E-state index in [0.29, 0.717) is 18.6 Å². The van der Waals surface area contributed by atoms with Gasteiger partial charge in [0.05, 0.1) is 28.9 Å². The molecule has 0 aromatic heterocycles. The van der Waals surface area contributed by atoms with Gasteiger partial charge in [0.2, 0.25) is 17.7 Å². The van der Waals surface area contributed by atoms with E-state index < -0.39 is 29.7 Å². The summed E-state index contributed by atoms with van der Waals surface area (Å²) < 4.78 is 19.4. The number of nitrogens with one attached hydrogen (secondary N) is 1. The maximum Gasteiger partial charge on any atom is 0.232 e. The molecule has 3 saturated heterocycles. The molecule has 0 radical (unpaired) electrons. The number of hydrogen-bond acceptors (Lipinski definition) is 4. The Labute approximate surface area is 148 Å². The minimum absolute atomic E-state index is 0.0153. The Balaban J connectivity index is 1.52. The van der Waals surface area contributed by atoms with Gasteiger partial charge in [0.1, 0.15) is 5.82 Å². The zero-order valence-corrected chi connectivity index (χ0v) is 14.0. The molecule has 0 spiro atoms. The van der Waals surface area contributed by atoms with Gasteiger partial charge in [0.15, 0.2) is 0 Å². The van der Waals surface area contributed by atoms with E-state index in [1.165, 1.54) is 12.1 Å². The van der Waals surface area contributed by atoms with Crippen LogP contribution >= 0.6 is 11.6 Å². The molecule has 1 N–H and O–H groups in total. The van der Waals surface area contributed by atoms with Crippen LogP contribution in [0.5, 0.6) is 0 Å². The highest BCUT2D eigenvalue weighted by Gasteiger charge is 2.50. The summed E-state index contributed by atoms with van der Waals surface area (Å²) in [6, 6.07) is 4.38. The number of hydrogen-bond donors (Lipinski definition) is 1. The monoisotopic (exact) mass is 366 g/mol. The molecule has 4 rings (SSSR count). The van der Waals surface area contributed by atoms with Crippen LogP contribution in [0, 0.1) is 23.6 Å². The summed E-state index contributed by atoms with van der Waals surface area (Å²) in [6.07, 6.45) is -0.0380. The summed E-state index contributed by atoms with van der Waals surface area (Å²) in [6.45, 7) is 0.865. The van der Waals surface area contributed by atoms with E-state index in [4.69, 9.17) is 16.3 Å². The normalized spacial score (nSPS) is 31.4. The highest BCUT2D eigenvalue weighted by atomic mass is 35.5. The minimum atomic E-state index is -0.557. The van der Waals surface area contributed by atoms with Crippen molar-refractivity contribution in [2.75, 3.05) is 19.7 Å². The second-order valence-corrected chi connectivity index (χ2v) is 7.08. The molecular weight excluding hydrogens is 351 g/mol. The standard InChI is InChI=1S/C17H16ClFN2O4/c18-12-2-1-8(5-13(12)19)14-9(3-4-25-14)17(24)21-6-10-11(7-21)16(23)20-15(10)22/h1-2,5,9-11,14H,3-4,6-7H2,(H,20,22,23)/t9-,10-,11+,14+/m1/s1. The van der Waals surface area contributed by atoms with E-state index in [2.05, 4.69) is 5.32 Å². The zero-order chi connectivity index (χ0) is 17.7. The Hall–Kier alpha value is -1.99. The zero-order valence-electron chi connectivity index (χ0n) is 13.2. The fraction of sp³-hybridized carbons (Fsp3) is 0.471. The van der Waals surface area contributed by atoms with Gasteiger partial charge in [-0.15, -0.1) is 0 Å². The maximum atomic E-state index is 13.7. The molecule has 0 aliphatic carbocycles. The lowest BCUT2D eigenvalue weighted by atomic mass is 9.94. The molecule has 0 bridgehead atoms. The van der Waals surface area contributed by atoms with Crippen LogP contribution < -0.4 is 5.32 Å². The number of rotatable bonds is 2. The SMILES string of the molecule is O=C1NC(=O)[C@@H]2CN(C(=O)[C@@H]3CCO[C@H]3c3ccc(Cl)c(F)c3)C[C@H]12. The Bertz CT molecular complexity index is 749. The molecular formula is C17H16ClFN2O4. The average molecular weight is 367 g/mol. The van der Waals surface area contributed by atoms with E-state index >= 15 is 0 Å². The lowest BCUT2D eigenvalue weighted by Gasteiger charge is -2.24. The highest BCUT2D eigenvalue weighted by Crippen LogP contribution is 2.38. The van der Waals surface area contributed by atoms with E-state index in [9.17, 15) is 18.8 Å². The first-order valence-electron chi connectivity index (χ1n) is 8.15. The van der Waals surface area contributed by atoms with Crippen molar-refractivity contribution in [1.82, 2.24) is 10.2 Å². The number of fused-ring (bicyclic) bond motifs is 1. The van der Waals surface area contributed by atoms with Gasteiger partial charge in [-0.2, -0.15) is 0 Å². The van der Waals surface area contributed by atoms with Crippen molar-refractivity contribution in [3.05, 3.63) is 34.6 Å². The summed E-state index contributed by atoms with van der Waals surface area (Å²) in [5.74, 6) is -2.74. The summed E-state index contributed by atoms with van der Waals surface area (Å²) in [5.41, 5.74) is 0.561. The van der Waals surface area contributed by atoms with Crippen molar-refractivity contribution in [1.29, 1.82) is 0 Å². The molecule has 8 heteroatoms. The fourth-order valence-electron chi connectivity index (χ4n) is 3.92. The third kappa shape index (κ3) is 2.71. The summed E-state index contributed by atoms with van der Waals surface area (Å²) in [7, 11) is 0. The molecule has 132 valence electrons.